The molecule has 8 nitrogen and oxygen atoms in total. The van der Waals surface area contributed by atoms with Gasteiger partial charge in [0.05, 0.1) is 29.3 Å². The summed E-state index contributed by atoms with van der Waals surface area (Å²) in [6.45, 7) is 3.33. The predicted molar refractivity (Wildman–Crippen MR) is 140 cm³/mol. The lowest BCUT2D eigenvalue weighted by Gasteiger charge is -2.35. The van der Waals surface area contributed by atoms with E-state index in [4.69, 9.17) is 9.47 Å². The molecule has 0 saturated carbocycles. The Morgan fingerprint density at radius 1 is 1.24 bits per heavy atom. The Hall–Kier alpha value is -4.06. The maximum atomic E-state index is 15.6. The van der Waals surface area contributed by atoms with E-state index in [-0.39, 0.29) is 30.1 Å². The fraction of sp³-hybridized carbons (Fsp3) is 0.414. The van der Waals surface area contributed by atoms with E-state index in [0.717, 1.165) is 29.7 Å². The molecule has 0 radical (unpaired) electrons. The highest BCUT2D eigenvalue weighted by Gasteiger charge is 2.33. The Labute approximate surface area is 220 Å². The third-order valence-corrected chi connectivity index (χ3v) is 7.40. The summed E-state index contributed by atoms with van der Waals surface area (Å²) < 4.78 is 26.2. The molecule has 2 aliphatic rings. The zero-order chi connectivity index (χ0) is 26.6. The number of nitrogens with one attached hydrogen (secondary N) is 2. The first kappa shape index (κ1) is 25.6. The number of hydrogen-bond donors (Lipinski definition) is 2. The number of anilines is 1. The van der Waals surface area contributed by atoms with Gasteiger partial charge in [0, 0.05) is 36.6 Å². The summed E-state index contributed by atoms with van der Waals surface area (Å²) in [4.78, 5) is 30.1. The van der Waals surface area contributed by atoms with Gasteiger partial charge in [-0.2, -0.15) is 5.26 Å². The maximum absolute atomic E-state index is 15.6. The maximum Gasteiger partial charge on any atom is 0.407 e. The van der Waals surface area contributed by atoms with Crippen molar-refractivity contribution in [2.24, 2.45) is 5.92 Å². The van der Waals surface area contributed by atoms with E-state index in [1.54, 1.807) is 6.92 Å². The average molecular weight is 519 g/mol. The summed E-state index contributed by atoms with van der Waals surface area (Å²) in [7, 11) is 0. The highest BCUT2D eigenvalue weighted by atomic mass is 19.1. The lowest BCUT2D eigenvalue weighted by Crippen LogP contribution is -2.48. The van der Waals surface area contributed by atoms with Gasteiger partial charge in [-0.05, 0) is 49.8 Å². The molecule has 1 aliphatic heterocycles. The molecule has 2 heterocycles. The first-order valence-corrected chi connectivity index (χ1v) is 13.1. The number of piperidine rings is 1. The van der Waals surface area contributed by atoms with Crippen molar-refractivity contribution >= 4 is 28.7 Å². The molecule has 5 rings (SSSR count). The number of carbonyl (C=O) groups excluding carboxylic acids is 2. The second-order valence-electron chi connectivity index (χ2n) is 9.88. The third kappa shape index (κ3) is 5.17. The van der Waals surface area contributed by atoms with Crippen LogP contribution in [0.1, 0.15) is 48.6 Å². The van der Waals surface area contributed by atoms with Gasteiger partial charge in [0.25, 0.3) is 0 Å². The fourth-order valence-corrected chi connectivity index (χ4v) is 5.65. The summed E-state index contributed by atoms with van der Waals surface area (Å²) >= 11 is 0. The smallest absolute Gasteiger partial charge is 0.407 e. The number of aromatic nitrogens is 1. The van der Waals surface area contributed by atoms with Crippen LogP contribution in [-0.4, -0.2) is 42.8 Å². The molecule has 9 heteroatoms. The minimum atomic E-state index is -0.504. The van der Waals surface area contributed by atoms with Gasteiger partial charge in [-0.3, -0.25) is 4.79 Å². The average Bonchev–Trinajstić information content (AvgIpc) is 3.31. The molecule has 1 aromatic heterocycles. The molecule has 3 aromatic rings. The van der Waals surface area contributed by atoms with E-state index in [2.05, 4.69) is 16.4 Å². The molecule has 2 aromatic carbocycles. The number of nitrogens with zero attached hydrogens (tertiary/aromatic N) is 2. The number of aromatic amines is 1. The largest absolute Gasteiger partial charge is 0.466 e. The van der Waals surface area contributed by atoms with Gasteiger partial charge in [0.1, 0.15) is 18.5 Å². The van der Waals surface area contributed by atoms with Gasteiger partial charge < -0.3 is 24.7 Å². The van der Waals surface area contributed by atoms with Crippen LogP contribution in [0.5, 0.6) is 0 Å². The summed E-state index contributed by atoms with van der Waals surface area (Å²) in [5, 5.41) is 13.3. The van der Waals surface area contributed by atoms with E-state index >= 15 is 4.39 Å². The van der Waals surface area contributed by atoms with Gasteiger partial charge in [-0.1, -0.05) is 30.3 Å². The molecule has 1 saturated heterocycles. The molecule has 0 spiro atoms. The highest BCUT2D eigenvalue weighted by molar-refractivity contribution is 6.00. The summed E-state index contributed by atoms with van der Waals surface area (Å²) in [6, 6.07) is 12.6. The van der Waals surface area contributed by atoms with Crippen LogP contribution >= 0.6 is 0 Å². The SMILES string of the molecule is CCOC(=O)C1CCc2c([nH]c3c(C#N)cc(F)c(N4CCCC(NC(=O)OCc5ccccc5)C4)c23)C1. The molecule has 1 aliphatic carbocycles. The Morgan fingerprint density at radius 3 is 2.82 bits per heavy atom. The molecule has 2 atom stereocenters. The highest BCUT2D eigenvalue weighted by Crippen LogP contribution is 2.41. The molecule has 2 unspecified atom stereocenters. The molecule has 1 amide bonds. The van der Waals surface area contributed by atoms with Crippen molar-refractivity contribution < 1.29 is 23.5 Å². The summed E-state index contributed by atoms with van der Waals surface area (Å²) in [5.74, 6) is -0.955. The van der Waals surface area contributed by atoms with E-state index < -0.39 is 11.9 Å². The quantitative estimate of drug-likeness (QED) is 0.457. The second-order valence-corrected chi connectivity index (χ2v) is 9.88. The minimum Gasteiger partial charge on any atom is -0.466 e. The third-order valence-electron chi connectivity index (χ3n) is 7.40. The Bertz CT molecular complexity index is 1380. The topological polar surface area (TPSA) is 107 Å². The van der Waals surface area contributed by atoms with Crippen molar-refractivity contribution in [1.82, 2.24) is 10.3 Å². The van der Waals surface area contributed by atoms with Crippen LogP contribution < -0.4 is 10.2 Å². The summed E-state index contributed by atoms with van der Waals surface area (Å²) in [5.41, 5.74) is 3.97. The van der Waals surface area contributed by atoms with Crippen molar-refractivity contribution in [3.05, 3.63) is 64.6 Å². The normalized spacial score (nSPS) is 18.9. The van der Waals surface area contributed by atoms with Crippen LogP contribution in [-0.2, 0) is 33.7 Å². The van der Waals surface area contributed by atoms with Crippen molar-refractivity contribution in [3.63, 3.8) is 0 Å². The van der Waals surface area contributed by atoms with Crippen molar-refractivity contribution in [2.45, 2.75) is 51.7 Å². The minimum absolute atomic E-state index is 0.177. The number of halogens is 1. The van der Waals surface area contributed by atoms with Gasteiger partial charge in [-0.15, -0.1) is 0 Å². The van der Waals surface area contributed by atoms with Gasteiger partial charge in [-0.25, -0.2) is 9.18 Å². The number of aryl methyl sites for hydroxylation is 1. The van der Waals surface area contributed by atoms with Crippen molar-refractivity contribution in [1.29, 1.82) is 5.26 Å². The van der Waals surface area contributed by atoms with Crippen LogP contribution in [0.4, 0.5) is 14.9 Å². The number of nitriles is 1. The fourth-order valence-electron chi connectivity index (χ4n) is 5.65. The zero-order valence-electron chi connectivity index (χ0n) is 21.4. The van der Waals surface area contributed by atoms with E-state index in [0.29, 0.717) is 55.5 Å². The van der Waals surface area contributed by atoms with Crippen LogP contribution in [0, 0.1) is 23.1 Å². The van der Waals surface area contributed by atoms with Crippen molar-refractivity contribution in [2.75, 3.05) is 24.6 Å². The number of fused-ring (bicyclic) bond motifs is 3. The number of amides is 1. The van der Waals surface area contributed by atoms with Crippen LogP contribution in [0.15, 0.2) is 36.4 Å². The van der Waals surface area contributed by atoms with E-state index in [9.17, 15) is 14.9 Å². The Morgan fingerprint density at radius 2 is 2.05 bits per heavy atom. The van der Waals surface area contributed by atoms with Gasteiger partial charge >= 0.3 is 12.1 Å². The monoisotopic (exact) mass is 518 g/mol. The number of benzene rings is 2. The first-order valence-electron chi connectivity index (χ1n) is 13.1. The molecule has 0 bridgehead atoms. The molecule has 2 N–H and O–H groups in total. The van der Waals surface area contributed by atoms with Gasteiger partial charge in [0.2, 0.25) is 0 Å². The number of alkyl carbamates (subject to hydrolysis) is 1. The standard InChI is InChI=1S/C29H31FN4O4/c1-2-37-28(35)19-10-11-22-24(14-19)33-26-20(15-31)13-23(30)27(25(22)26)34-12-6-9-21(16-34)32-29(36)38-17-18-7-4-3-5-8-18/h3-5,7-8,13,19,21,33H,2,6,9-12,14,16-17H2,1H3,(H,32,36). The molecule has 198 valence electrons. The number of rotatable bonds is 6. The summed E-state index contributed by atoms with van der Waals surface area (Å²) in [6.07, 6.45) is 2.67. The second kappa shape index (κ2) is 11.1. The van der Waals surface area contributed by atoms with Crippen molar-refractivity contribution in [3.8, 4) is 6.07 Å². The lowest BCUT2D eigenvalue weighted by atomic mass is 9.86. The van der Waals surface area contributed by atoms with Crippen LogP contribution in [0.2, 0.25) is 0 Å². The predicted octanol–water partition coefficient (Wildman–Crippen LogP) is 4.74. The lowest BCUT2D eigenvalue weighted by molar-refractivity contribution is -0.148. The molecular weight excluding hydrogens is 487 g/mol. The molecule has 38 heavy (non-hydrogen) atoms. The van der Waals surface area contributed by atoms with Gasteiger partial charge in [0.15, 0.2) is 0 Å². The molecule has 1 fully saturated rings. The molecular formula is C29H31FN4O4. The number of ether oxygens (including phenoxy) is 2. The Kier molecular flexibility index (Phi) is 7.50. The number of hydrogen-bond acceptors (Lipinski definition) is 6. The zero-order valence-corrected chi connectivity index (χ0v) is 21.4. The number of H-pyrrole nitrogens is 1. The van der Waals surface area contributed by atoms with Crippen LogP contribution in [0.3, 0.4) is 0 Å². The van der Waals surface area contributed by atoms with E-state index in [1.165, 1.54) is 6.07 Å². The number of esters is 1. The van der Waals surface area contributed by atoms with E-state index in [1.807, 2.05) is 35.2 Å². The Balaban J connectivity index is 1.38. The number of carbonyl (C=O) groups is 2. The first-order chi connectivity index (χ1) is 18.5. The van der Waals surface area contributed by atoms with Crippen LogP contribution in [0.25, 0.3) is 10.9 Å².